The van der Waals surface area contributed by atoms with Crippen LogP contribution in [0.5, 0.6) is 0 Å². The molecule has 0 spiro atoms. The molecule has 1 aromatic carbocycles. The third-order valence-electron chi connectivity index (χ3n) is 4.25. The van der Waals surface area contributed by atoms with Crippen molar-refractivity contribution in [3.8, 4) is 0 Å². The van der Waals surface area contributed by atoms with Gasteiger partial charge in [-0.15, -0.1) is 0 Å². The van der Waals surface area contributed by atoms with Gasteiger partial charge in [0.2, 0.25) is 0 Å². The topological polar surface area (TPSA) is 32.3 Å². The van der Waals surface area contributed by atoms with Crippen molar-refractivity contribution in [3.05, 3.63) is 34.9 Å². The highest BCUT2D eigenvalue weighted by Gasteiger charge is 2.30. The van der Waals surface area contributed by atoms with Gasteiger partial charge in [-0.2, -0.15) is 11.8 Å². The first-order valence-corrected chi connectivity index (χ1v) is 8.95. The van der Waals surface area contributed by atoms with E-state index >= 15 is 0 Å². The Hall–Kier alpha value is -0.220. The number of thioether (sulfide) groups is 1. The molecule has 0 saturated heterocycles. The summed E-state index contributed by atoms with van der Waals surface area (Å²) >= 11 is 8.08. The largest absolute Gasteiger partial charge is 0.387 e. The molecule has 0 aromatic heterocycles. The molecule has 0 heterocycles. The van der Waals surface area contributed by atoms with Crippen LogP contribution >= 0.6 is 23.4 Å². The van der Waals surface area contributed by atoms with Crippen molar-refractivity contribution in [1.29, 1.82) is 0 Å². The standard InChI is InChI=1S/C16H24ClNOS/c1-20-16(9-5-2-6-10-16)12-18-11-15(19)13-7-3-4-8-14(13)17/h3-4,7-8,15,18-19H,2,5-6,9-12H2,1H3. The fourth-order valence-corrected chi connectivity index (χ4v) is 4.15. The molecule has 0 amide bonds. The maximum atomic E-state index is 10.2. The van der Waals surface area contributed by atoms with Crippen molar-refractivity contribution in [2.24, 2.45) is 0 Å². The highest BCUT2D eigenvalue weighted by molar-refractivity contribution is 8.00. The molecule has 1 fully saturated rings. The summed E-state index contributed by atoms with van der Waals surface area (Å²) in [5.41, 5.74) is 0.809. The molecule has 112 valence electrons. The molecule has 1 unspecified atom stereocenters. The Balaban J connectivity index is 1.84. The smallest absolute Gasteiger partial charge is 0.0928 e. The van der Waals surface area contributed by atoms with Crippen LogP contribution in [0.1, 0.15) is 43.8 Å². The van der Waals surface area contributed by atoms with Crippen LogP contribution in [0.25, 0.3) is 0 Å². The number of rotatable bonds is 6. The molecule has 1 aliphatic rings. The molecule has 0 radical (unpaired) electrons. The summed E-state index contributed by atoms with van der Waals surface area (Å²) in [6.45, 7) is 1.53. The minimum atomic E-state index is -0.536. The second-order valence-electron chi connectivity index (χ2n) is 5.62. The van der Waals surface area contributed by atoms with Gasteiger partial charge in [0.15, 0.2) is 0 Å². The second-order valence-corrected chi connectivity index (χ2v) is 7.30. The Morgan fingerprint density at radius 3 is 2.65 bits per heavy atom. The summed E-state index contributed by atoms with van der Waals surface area (Å²) in [4.78, 5) is 0. The summed E-state index contributed by atoms with van der Waals surface area (Å²) in [7, 11) is 0. The molecule has 2 rings (SSSR count). The molecular weight excluding hydrogens is 290 g/mol. The van der Waals surface area contributed by atoms with E-state index in [9.17, 15) is 5.11 Å². The zero-order valence-electron chi connectivity index (χ0n) is 12.1. The van der Waals surface area contributed by atoms with Gasteiger partial charge < -0.3 is 10.4 Å². The van der Waals surface area contributed by atoms with Crippen LogP contribution in [0.15, 0.2) is 24.3 Å². The lowest BCUT2D eigenvalue weighted by molar-refractivity contribution is 0.172. The highest BCUT2D eigenvalue weighted by atomic mass is 35.5. The van der Waals surface area contributed by atoms with Crippen molar-refractivity contribution in [2.45, 2.75) is 43.0 Å². The number of hydrogen-bond acceptors (Lipinski definition) is 3. The lowest BCUT2D eigenvalue weighted by atomic mass is 9.88. The first kappa shape index (κ1) is 16.2. The minimum Gasteiger partial charge on any atom is -0.387 e. The number of benzene rings is 1. The van der Waals surface area contributed by atoms with E-state index in [-0.39, 0.29) is 0 Å². The quantitative estimate of drug-likeness (QED) is 0.831. The van der Waals surface area contributed by atoms with Gasteiger partial charge in [0.25, 0.3) is 0 Å². The monoisotopic (exact) mass is 313 g/mol. The Labute approximate surface area is 131 Å². The van der Waals surface area contributed by atoms with Crippen LogP contribution in [-0.4, -0.2) is 29.2 Å². The third kappa shape index (κ3) is 4.14. The lowest BCUT2D eigenvalue weighted by Crippen LogP contribution is -2.40. The summed E-state index contributed by atoms with van der Waals surface area (Å²) in [6, 6.07) is 7.51. The number of hydrogen-bond donors (Lipinski definition) is 2. The molecule has 2 nitrogen and oxygen atoms in total. The number of aliphatic hydroxyl groups is 1. The van der Waals surface area contributed by atoms with E-state index in [4.69, 9.17) is 11.6 Å². The molecule has 1 aliphatic carbocycles. The van der Waals surface area contributed by atoms with Crippen LogP contribution in [-0.2, 0) is 0 Å². The van der Waals surface area contributed by atoms with Crippen LogP contribution in [0.2, 0.25) is 5.02 Å². The van der Waals surface area contributed by atoms with E-state index in [1.165, 1.54) is 32.1 Å². The Morgan fingerprint density at radius 1 is 1.30 bits per heavy atom. The maximum Gasteiger partial charge on any atom is 0.0928 e. The van der Waals surface area contributed by atoms with Crippen LogP contribution in [0.3, 0.4) is 0 Å². The summed E-state index contributed by atoms with van der Waals surface area (Å²) in [5, 5.41) is 14.3. The molecular formula is C16H24ClNOS. The summed E-state index contributed by atoms with van der Waals surface area (Å²) in [5.74, 6) is 0. The molecule has 0 aliphatic heterocycles. The second kappa shape index (κ2) is 7.69. The van der Waals surface area contributed by atoms with E-state index in [2.05, 4.69) is 11.6 Å². The van der Waals surface area contributed by atoms with E-state index in [1.54, 1.807) is 0 Å². The van der Waals surface area contributed by atoms with Crippen molar-refractivity contribution in [2.75, 3.05) is 19.3 Å². The summed E-state index contributed by atoms with van der Waals surface area (Å²) < 4.78 is 0.360. The van der Waals surface area contributed by atoms with Gasteiger partial charge in [-0.25, -0.2) is 0 Å². The fourth-order valence-electron chi connectivity index (χ4n) is 2.94. The molecule has 2 N–H and O–H groups in total. The van der Waals surface area contributed by atoms with Crippen LogP contribution in [0.4, 0.5) is 0 Å². The SMILES string of the molecule is CSC1(CNCC(O)c2ccccc2Cl)CCCCC1. The van der Waals surface area contributed by atoms with Crippen molar-refractivity contribution >= 4 is 23.4 Å². The predicted octanol–water partition coefficient (Wildman–Crippen LogP) is 4.03. The molecule has 0 bridgehead atoms. The molecule has 1 saturated carbocycles. The van der Waals surface area contributed by atoms with E-state index < -0.39 is 6.10 Å². The molecule has 1 atom stereocenters. The number of aliphatic hydroxyl groups excluding tert-OH is 1. The van der Waals surface area contributed by atoms with Crippen molar-refractivity contribution < 1.29 is 5.11 Å². The average molecular weight is 314 g/mol. The third-order valence-corrected chi connectivity index (χ3v) is 6.01. The number of halogens is 1. The van der Waals surface area contributed by atoms with Gasteiger partial charge in [-0.05, 0) is 25.2 Å². The number of nitrogens with one attached hydrogen (secondary N) is 1. The zero-order valence-corrected chi connectivity index (χ0v) is 13.6. The first-order chi connectivity index (χ1) is 9.67. The van der Waals surface area contributed by atoms with Gasteiger partial charge in [-0.3, -0.25) is 0 Å². The van der Waals surface area contributed by atoms with Crippen molar-refractivity contribution in [1.82, 2.24) is 5.32 Å². The first-order valence-electron chi connectivity index (χ1n) is 7.35. The minimum absolute atomic E-state index is 0.360. The van der Waals surface area contributed by atoms with E-state index in [0.717, 1.165) is 12.1 Å². The molecule has 1 aromatic rings. The van der Waals surface area contributed by atoms with Gasteiger partial charge >= 0.3 is 0 Å². The highest BCUT2D eigenvalue weighted by Crippen LogP contribution is 2.38. The van der Waals surface area contributed by atoms with Crippen LogP contribution in [0, 0.1) is 0 Å². The normalized spacial score (nSPS) is 19.8. The van der Waals surface area contributed by atoms with E-state index in [0.29, 0.717) is 16.3 Å². The summed E-state index contributed by atoms with van der Waals surface area (Å²) in [6.07, 6.45) is 8.26. The van der Waals surface area contributed by atoms with Gasteiger partial charge in [0.05, 0.1) is 6.10 Å². The van der Waals surface area contributed by atoms with Gasteiger partial charge in [0.1, 0.15) is 0 Å². The Bertz CT molecular complexity index is 421. The average Bonchev–Trinajstić information content (AvgIpc) is 2.48. The molecule has 4 heteroatoms. The zero-order chi connectivity index (χ0) is 14.4. The molecule has 20 heavy (non-hydrogen) atoms. The van der Waals surface area contributed by atoms with Gasteiger partial charge in [-0.1, -0.05) is 49.1 Å². The Morgan fingerprint density at radius 2 is 2.00 bits per heavy atom. The maximum absolute atomic E-state index is 10.2. The lowest BCUT2D eigenvalue weighted by Gasteiger charge is -2.36. The van der Waals surface area contributed by atoms with Crippen LogP contribution < -0.4 is 5.32 Å². The van der Waals surface area contributed by atoms with E-state index in [1.807, 2.05) is 36.0 Å². The Kier molecular flexibility index (Phi) is 6.21. The fraction of sp³-hybridized carbons (Fsp3) is 0.625. The predicted molar refractivity (Wildman–Crippen MR) is 88.6 cm³/mol. The van der Waals surface area contributed by atoms with Gasteiger partial charge in [0, 0.05) is 28.4 Å². The van der Waals surface area contributed by atoms with Crippen molar-refractivity contribution in [3.63, 3.8) is 0 Å².